The van der Waals surface area contributed by atoms with Crippen molar-refractivity contribution in [1.82, 2.24) is 0 Å². The van der Waals surface area contributed by atoms with Gasteiger partial charge in [0.15, 0.2) is 34.8 Å². The van der Waals surface area contributed by atoms with Crippen LogP contribution in [0.3, 0.4) is 0 Å². The van der Waals surface area contributed by atoms with E-state index < -0.39 is 46.0 Å². The molecule has 0 spiro atoms. The predicted molar refractivity (Wildman–Crippen MR) is 89.4 cm³/mol. The Hall–Kier alpha value is -2.84. The summed E-state index contributed by atoms with van der Waals surface area (Å²) in [5.41, 5.74) is -1.44. The number of ether oxygens (including phenoxy) is 3. The molecule has 0 saturated heterocycles. The van der Waals surface area contributed by atoms with E-state index in [2.05, 4.69) is 0 Å². The molecule has 4 nitrogen and oxygen atoms in total. The number of halogens is 5. The predicted octanol–water partition coefficient (Wildman–Crippen LogP) is 4.92. The van der Waals surface area contributed by atoms with Gasteiger partial charge in [0.1, 0.15) is 11.3 Å². The van der Waals surface area contributed by atoms with Crippen molar-refractivity contribution >= 4 is 5.97 Å². The molecule has 28 heavy (non-hydrogen) atoms. The largest absolute Gasteiger partial charge is 0.496 e. The first-order chi connectivity index (χ1) is 12.9. The van der Waals surface area contributed by atoms with Crippen LogP contribution in [0.1, 0.15) is 36.7 Å². The fraction of sp³-hybridized carbons (Fsp3) is 0.316. The smallest absolute Gasteiger partial charge is 0.349 e. The molecule has 0 atom stereocenters. The van der Waals surface area contributed by atoms with Crippen molar-refractivity contribution in [3.8, 4) is 17.2 Å². The first-order valence-electron chi connectivity index (χ1n) is 7.94. The number of hydrogen-bond acceptors (Lipinski definition) is 4. The third-order valence-electron chi connectivity index (χ3n) is 3.91. The Balaban J connectivity index is 2.56. The molecule has 0 unspecified atom stereocenters. The van der Waals surface area contributed by atoms with Gasteiger partial charge in [-0.05, 0) is 11.5 Å². The number of esters is 1. The Labute approximate surface area is 157 Å². The Kier molecular flexibility index (Phi) is 5.86. The lowest BCUT2D eigenvalue weighted by Crippen LogP contribution is -2.18. The van der Waals surface area contributed by atoms with Gasteiger partial charge in [0.2, 0.25) is 5.82 Å². The zero-order chi connectivity index (χ0) is 21.4. The van der Waals surface area contributed by atoms with Crippen molar-refractivity contribution in [2.75, 3.05) is 14.2 Å². The fourth-order valence-corrected chi connectivity index (χ4v) is 2.47. The van der Waals surface area contributed by atoms with Gasteiger partial charge in [0, 0.05) is 11.6 Å². The van der Waals surface area contributed by atoms with Crippen LogP contribution in [0.2, 0.25) is 0 Å². The van der Waals surface area contributed by atoms with Gasteiger partial charge in [0.05, 0.1) is 14.2 Å². The molecule has 0 radical (unpaired) electrons. The van der Waals surface area contributed by atoms with E-state index in [-0.39, 0.29) is 17.2 Å². The molecule has 0 N–H and O–H groups in total. The van der Waals surface area contributed by atoms with Crippen LogP contribution in [0.4, 0.5) is 22.0 Å². The zero-order valence-electron chi connectivity index (χ0n) is 15.7. The third-order valence-corrected chi connectivity index (χ3v) is 3.91. The first-order valence-corrected chi connectivity index (χ1v) is 7.94. The maximum atomic E-state index is 13.8. The van der Waals surface area contributed by atoms with Crippen LogP contribution in [-0.2, 0) is 5.41 Å². The van der Waals surface area contributed by atoms with Gasteiger partial charge in [-0.2, -0.15) is 0 Å². The minimum atomic E-state index is -2.37. The molecule has 2 aromatic carbocycles. The molecule has 0 heterocycles. The Morgan fingerprint density at radius 3 is 1.64 bits per heavy atom. The van der Waals surface area contributed by atoms with Crippen molar-refractivity contribution in [1.29, 1.82) is 0 Å². The molecule has 0 saturated carbocycles. The van der Waals surface area contributed by atoms with Gasteiger partial charge in [0.25, 0.3) is 0 Å². The SMILES string of the molecule is COc1cc(C(C)(C)C)c(OC)cc1OC(=O)c1c(F)c(F)c(F)c(F)c1F. The van der Waals surface area contributed by atoms with Gasteiger partial charge in [-0.3, -0.25) is 0 Å². The highest BCUT2D eigenvalue weighted by Gasteiger charge is 2.32. The van der Waals surface area contributed by atoms with Gasteiger partial charge in [-0.15, -0.1) is 0 Å². The Morgan fingerprint density at radius 1 is 0.750 bits per heavy atom. The minimum absolute atomic E-state index is 0.00273. The lowest BCUT2D eigenvalue weighted by atomic mass is 9.86. The van der Waals surface area contributed by atoms with Crippen LogP contribution < -0.4 is 14.2 Å². The fourth-order valence-electron chi connectivity index (χ4n) is 2.47. The first kappa shape index (κ1) is 21.5. The summed E-state index contributed by atoms with van der Waals surface area (Å²) in [6.07, 6.45) is 0. The van der Waals surface area contributed by atoms with Crippen molar-refractivity contribution in [2.45, 2.75) is 26.2 Å². The second-order valence-electron chi connectivity index (χ2n) is 6.79. The van der Waals surface area contributed by atoms with Crippen LogP contribution in [0.15, 0.2) is 12.1 Å². The molecule has 2 aromatic rings. The summed E-state index contributed by atoms with van der Waals surface area (Å²) in [5, 5.41) is 0. The van der Waals surface area contributed by atoms with E-state index in [1.54, 1.807) is 0 Å². The lowest BCUT2D eigenvalue weighted by molar-refractivity contribution is 0.0715. The molecule has 152 valence electrons. The molecular formula is C19H17F5O4. The number of carbonyl (C=O) groups is 1. The average Bonchev–Trinajstić information content (AvgIpc) is 2.63. The highest BCUT2D eigenvalue weighted by Crippen LogP contribution is 2.40. The topological polar surface area (TPSA) is 44.8 Å². The molecule has 2 rings (SSSR count). The number of benzene rings is 2. The zero-order valence-corrected chi connectivity index (χ0v) is 15.7. The van der Waals surface area contributed by atoms with Crippen LogP contribution in [-0.4, -0.2) is 20.2 Å². The quantitative estimate of drug-likeness (QED) is 0.239. The van der Waals surface area contributed by atoms with E-state index in [9.17, 15) is 26.7 Å². The Morgan fingerprint density at radius 2 is 1.21 bits per heavy atom. The minimum Gasteiger partial charge on any atom is -0.496 e. The van der Waals surface area contributed by atoms with Gasteiger partial charge in [-0.25, -0.2) is 26.7 Å². The highest BCUT2D eigenvalue weighted by atomic mass is 19.2. The van der Waals surface area contributed by atoms with Crippen molar-refractivity contribution in [3.05, 3.63) is 52.3 Å². The van der Waals surface area contributed by atoms with Crippen LogP contribution in [0.25, 0.3) is 0 Å². The van der Waals surface area contributed by atoms with Crippen molar-refractivity contribution in [2.24, 2.45) is 0 Å². The van der Waals surface area contributed by atoms with Crippen LogP contribution in [0.5, 0.6) is 17.2 Å². The van der Waals surface area contributed by atoms with Gasteiger partial charge in [-0.1, -0.05) is 20.8 Å². The molecule has 0 amide bonds. The maximum absolute atomic E-state index is 13.8. The molecule has 9 heteroatoms. The standard InChI is InChI=1S/C19H17F5O4/c1-19(2,3)8-6-10(27-5)11(7-9(8)26-4)28-18(25)12-13(20)15(22)17(24)16(23)14(12)21/h6-7H,1-5H3. The molecular weight excluding hydrogens is 387 g/mol. The summed E-state index contributed by atoms with van der Waals surface area (Å²) in [4.78, 5) is 12.2. The van der Waals surface area contributed by atoms with Crippen LogP contribution >= 0.6 is 0 Å². The second kappa shape index (κ2) is 7.65. The van der Waals surface area contributed by atoms with E-state index in [1.165, 1.54) is 26.4 Å². The van der Waals surface area contributed by atoms with Gasteiger partial charge < -0.3 is 14.2 Å². The number of rotatable bonds is 4. The maximum Gasteiger partial charge on any atom is 0.349 e. The van der Waals surface area contributed by atoms with E-state index >= 15 is 0 Å². The summed E-state index contributed by atoms with van der Waals surface area (Å²) < 4.78 is 82.7. The van der Waals surface area contributed by atoms with E-state index in [1.807, 2.05) is 20.8 Å². The molecule has 0 bridgehead atoms. The number of hydrogen-bond donors (Lipinski definition) is 0. The second-order valence-corrected chi connectivity index (χ2v) is 6.79. The molecule has 0 aliphatic carbocycles. The third kappa shape index (κ3) is 3.74. The normalized spacial score (nSPS) is 11.4. The lowest BCUT2D eigenvalue weighted by Gasteiger charge is -2.23. The molecule has 0 aliphatic heterocycles. The summed E-state index contributed by atoms with van der Waals surface area (Å²) in [6.45, 7) is 5.64. The molecule has 0 aliphatic rings. The molecule has 0 fully saturated rings. The van der Waals surface area contributed by atoms with E-state index in [0.29, 0.717) is 5.56 Å². The summed E-state index contributed by atoms with van der Waals surface area (Å²) in [7, 11) is 2.61. The number of carbonyl (C=O) groups excluding carboxylic acids is 1. The van der Waals surface area contributed by atoms with E-state index in [4.69, 9.17) is 14.2 Å². The summed E-state index contributed by atoms with van der Waals surface area (Å²) in [6, 6.07) is 2.71. The Bertz CT molecular complexity index is 906. The highest BCUT2D eigenvalue weighted by molar-refractivity contribution is 5.92. The van der Waals surface area contributed by atoms with Gasteiger partial charge >= 0.3 is 5.97 Å². The van der Waals surface area contributed by atoms with E-state index in [0.717, 1.165) is 0 Å². The average molecular weight is 404 g/mol. The van der Waals surface area contributed by atoms with Crippen molar-refractivity contribution in [3.63, 3.8) is 0 Å². The summed E-state index contributed by atoms with van der Waals surface area (Å²) in [5.74, 6) is -13.3. The molecule has 0 aromatic heterocycles. The monoisotopic (exact) mass is 404 g/mol. The van der Waals surface area contributed by atoms with Crippen LogP contribution in [0, 0.1) is 29.1 Å². The number of methoxy groups -OCH3 is 2. The van der Waals surface area contributed by atoms with Crippen molar-refractivity contribution < 1.29 is 41.0 Å². The summed E-state index contributed by atoms with van der Waals surface area (Å²) >= 11 is 0.